The standard InChI is InChI=1S/C16H20N6O/c1-12-3-4-14(17-11-12)18-15-5-6-16(20-19-15)22-9-7-21(8-10-22)13(2)23/h3-6,11H,7-10H2,1-2H3,(H,17,18,19). The molecular formula is C16H20N6O. The van der Waals surface area contributed by atoms with Crippen LogP contribution in [-0.4, -0.2) is 52.2 Å². The van der Waals surface area contributed by atoms with Gasteiger partial charge in [0.05, 0.1) is 0 Å². The molecule has 0 bridgehead atoms. The second-order valence-corrected chi connectivity index (χ2v) is 5.62. The number of carbonyl (C=O) groups is 1. The largest absolute Gasteiger partial charge is 0.352 e. The van der Waals surface area contributed by atoms with E-state index in [0.717, 1.165) is 43.4 Å². The van der Waals surface area contributed by atoms with Crippen molar-refractivity contribution in [3.05, 3.63) is 36.0 Å². The maximum Gasteiger partial charge on any atom is 0.219 e. The number of aryl methyl sites for hydroxylation is 1. The number of anilines is 3. The van der Waals surface area contributed by atoms with Crippen LogP contribution >= 0.6 is 0 Å². The van der Waals surface area contributed by atoms with Crippen LogP contribution < -0.4 is 10.2 Å². The third-order valence-corrected chi connectivity index (χ3v) is 3.87. The van der Waals surface area contributed by atoms with Gasteiger partial charge in [-0.15, -0.1) is 10.2 Å². The minimum atomic E-state index is 0.126. The number of pyridine rings is 1. The predicted octanol–water partition coefficient (Wildman–Crippen LogP) is 1.59. The van der Waals surface area contributed by atoms with E-state index >= 15 is 0 Å². The molecule has 3 rings (SSSR count). The van der Waals surface area contributed by atoms with Crippen LogP contribution in [0.25, 0.3) is 0 Å². The number of carbonyl (C=O) groups excluding carboxylic acids is 1. The maximum atomic E-state index is 11.3. The van der Waals surface area contributed by atoms with Crippen molar-refractivity contribution in [3.63, 3.8) is 0 Å². The fourth-order valence-corrected chi connectivity index (χ4v) is 2.48. The summed E-state index contributed by atoms with van der Waals surface area (Å²) in [5.74, 6) is 2.36. The molecule has 0 aliphatic carbocycles. The van der Waals surface area contributed by atoms with Gasteiger partial charge < -0.3 is 15.1 Å². The lowest BCUT2D eigenvalue weighted by molar-refractivity contribution is -0.129. The monoisotopic (exact) mass is 312 g/mol. The maximum absolute atomic E-state index is 11.3. The third kappa shape index (κ3) is 3.74. The first-order chi connectivity index (χ1) is 11.1. The Morgan fingerprint density at radius 3 is 2.35 bits per heavy atom. The van der Waals surface area contributed by atoms with Gasteiger partial charge in [-0.3, -0.25) is 4.79 Å². The van der Waals surface area contributed by atoms with Gasteiger partial charge in [-0.05, 0) is 30.7 Å². The molecular weight excluding hydrogens is 292 g/mol. The van der Waals surface area contributed by atoms with Crippen molar-refractivity contribution in [3.8, 4) is 0 Å². The molecule has 0 unspecified atom stereocenters. The Labute approximate surface area is 135 Å². The lowest BCUT2D eigenvalue weighted by Crippen LogP contribution is -2.48. The van der Waals surface area contributed by atoms with Gasteiger partial charge in [0.2, 0.25) is 5.91 Å². The van der Waals surface area contributed by atoms with Crippen molar-refractivity contribution in [2.75, 3.05) is 36.4 Å². The molecule has 1 amide bonds. The number of hydrogen-bond donors (Lipinski definition) is 1. The van der Waals surface area contributed by atoms with Crippen LogP contribution in [0.4, 0.5) is 17.5 Å². The van der Waals surface area contributed by atoms with E-state index in [9.17, 15) is 4.79 Å². The van der Waals surface area contributed by atoms with Crippen LogP contribution in [0.15, 0.2) is 30.5 Å². The lowest BCUT2D eigenvalue weighted by atomic mass is 10.3. The summed E-state index contributed by atoms with van der Waals surface area (Å²) in [6.45, 7) is 6.61. The van der Waals surface area contributed by atoms with E-state index in [1.54, 1.807) is 13.1 Å². The highest BCUT2D eigenvalue weighted by Crippen LogP contribution is 2.16. The molecule has 0 atom stereocenters. The molecule has 1 N–H and O–H groups in total. The highest BCUT2D eigenvalue weighted by molar-refractivity contribution is 5.73. The van der Waals surface area contributed by atoms with Gasteiger partial charge in [-0.25, -0.2) is 4.98 Å². The average Bonchev–Trinajstić information content (AvgIpc) is 2.58. The fraction of sp³-hybridized carbons (Fsp3) is 0.375. The van der Waals surface area contributed by atoms with Gasteiger partial charge in [0.1, 0.15) is 5.82 Å². The van der Waals surface area contributed by atoms with Crippen LogP contribution in [0.1, 0.15) is 12.5 Å². The summed E-state index contributed by atoms with van der Waals surface area (Å²) >= 11 is 0. The van der Waals surface area contributed by atoms with Gasteiger partial charge in [0.15, 0.2) is 11.6 Å². The molecule has 1 fully saturated rings. The molecule has 7 nitrogen and oxygen atoms in total. The number of nitrogens with zero attached hydrogens (tertiary/aromatic N) is 5. The molecule has 7 heteroatoms. The van der Waals surface area contributed by atoms with Crippen molar-refractivity contribution in [1.82, 2.24) is 20.1 Å². The third-order valence-electron chi connectivity index (χ3n) is 3.87. The normalized spacial score (nSPS) is 14.7. The molecule has 0 saturated carbocycles. The second kappa shape index (κ2) is 6.60. The Bertz CT molecular complexity index is 662. The number of piperazine rings is 1. The molecule has 0 radical (unpaired) electrons. The predicted molar refractivity (Wildman–Crippen MR) is 88.8 cm³/mol. The highest BCUT2D eigenvalue weighted by Gasteiger charge is 2.19. The number of rotatable bonds is 3. The molecule has 23 heavy (non-hydrogen) atoms. The van der Waals surface area contributed by atoms with Gasteiger partial charge in [0.25, 0.3) is 0 Å². The topological polar surface area (TPSA) is 74.2 Å². The van der Waals surface area contributed by atoms with E-state index in [2.05, 4.69) is 25.4 Å². The average molecular weight is 312 g/mol. The first-order valence-corrected chi connectivity index (χ1v) is 7.66. The Morgan fingerprint density at radius 1 is 1.04 bits per heavy atom. The van der Waals surface area contributed by atoms with E-state index < -0.39 is 0 Å². The zero-order valence-corrected chi connectivity index (χ0v) is 13.4. The Morgan fingerprint density at radius 2 is 1.78 bits per heavy atom. The summed E-state index contributed by atoms with van der Waals surface area (Å²) in [6, 6.07) is 7.73. The zero-order chi connectivity index (χ0) is 16.2. The minimum absolute atomic E-state index is 0.126. The van der Waals surface area contributed by atoms with Crippen LogP contribution in [0.2, 0.25) is 0 Å². The van der Waals surface area contributed by atoms with Crippen molar-refractivity contribution in [2.24, 2.45) is 0 Å². The Balaban J connectivity index is 1.61. The summed E-state index contributed by atoms with van der Waals surface area (Å²) in [4.78, 5) is 19.6. The number of nitrogens with one attached hydrogen (secondary N) is 1. The molecule has 1 saturated heterocycles. The van der Waals surface area contributed by atoms with E-state index in [0.29, 0.717) is 5.82 Å². The summed E-state index contributed by atoms with van der Waals surface area (Å²) in [5, 5.41) is 11.6. The molecule has 0 spiro atoms. The van der Waals surface area contributed by atoms with Crippen LogP contribution in [0.3, 0.4) is 0 Å². The molecule has 0 aromatic carbocycles. The molecule has 2 aromatic heterocycles. The molecule has 3 heterocycles. The SMILES string of the molecule is CC(=O)N1CCN(c2ccc(Nc3ccc(C)cn3)nn2)CC1. The van der Waals surface area contributed by atoms with E-state index in [4.69, 9.17) is 0 Å². The molecule has 1 aliphatic rings. The van der Waals surface area contributed by atoms with Crippen LogP contribution in [-0.2, 0) is 4.79 Å². The molecule has 2 aromatic rings. The first-order valence-electron chi connectivity index (χ1n) is 7.66. The van der Waals surface area contributed by atoms with Crippen molar-refractivity contribution in [1.29, 1.82) is 0 Å². The lowest BCUT2D eigenvalue weighted by Gasteiger charge is -2.34. The van der Waals surface area contributed by atoms with Gasteiger partial charge >= 0.3 is 0 Å². The van der Waals surface area contributed by atoms with Crippen LogP contribution in [0, 0.1) is 6.92 Å². The zero-order valence-electron chi connectivity index (χ0n) is 13.4. The van der Waals surface area contributed by atoms with Gasteiger partial charge in [0, 0.05) is 39.3 Å². The van der Waals surface area contributed by atoms with Gasteiger partial charge in [-0.2, -0.15) is 0 Å². The smallest absolute Gasteiger partial charge is 0.219 e. The summed E-state index contributed by atoms with van der Waals surface area (Å²) in [7, 11) is 0. The number of hydrogen-bond acceptors (Lipinski definition) is 6. The first kappa shape index (κ1) is 15.2. The number of amides is 1. The summed E-state index contributed by atoms with van der Waals surface area (Å²) < 4.78 is 0. The van der Waals surface area contributed by atoms with Crippen LogP contribution in [0.5, 0.6) is 0 Å². The minimum Gasteiger partial charge on any atom is -0.352 e. The summed E-state index contributed by atoms with van der Waals surface area (Å²) in [6.07, 6.45) is 1.80. The van der Waals surface area contributed by atoms with Crippen molar-refractivity contribution >= 4 is 23.4 Å². The van der Waals surface area contributed by atoms with Gasteiger partial charge in [-0.1, -0.05) is 6.07 Å². The number of aromatic nitrogens is 3. The van der Waals surface area contributed by atoms with E-state index in [1.165, 1.54) is 0 Å². The Kier molecular flexibility index (Phi) is 4.36. The second-order valence-electron chi connectivity index (χ2n) is 5.62. The molecule has 120 valence electrons. The molecule has 1 aliphatic heterocycles. The quantitative estimate of drug-likeness (QED) is 0.928. The van der Waals surface area contributed by atoms with Crippen molar-refractivity contribution in [2.45, 2.75) is 13.8 Å². The van der Waals surface area contributed by atoms with E-state index in [-0.39, 0.29) is 5.91 Å². The van der Waals surface area contributed by atoms with E-state index in [1.807, 2.05) is 36.1 Å². The Hall–Kier alpha value is -2.70. The summed E-state index contributed by atoms with van der Waals surface area (Å²) in [5.41, 5.74) is 1.11. The van der Waals surface area contributed by atoms with Crippen molar-refractivity contribution < 1.29 is 4.79 Å². The highest BCUT2D eigenvalue weighted by atomic mass is 16.2. The fourth-order valence-electron chi connectivity index (χ4n) is 2.48.